The molecule has 5 heteroatoms. The third-order valence-electron chi connectivity index (χ3n) is 1.30. The van der Waals surface area contributed by atoms with E-state index < -0.39 is 5.91 Å². The van der Waals surface area contributed by atoms with Gasteiger partial charge in [-0.1, -0.05) is 17.7 Å². The summed E-state index contributed by atoms with van der Waals surface area (Å²) in [6, 6.07) is 4.99. The molecule has 0 aliphatic carbocycles. The number of halogens is 2. The van der Waals surface area contributed by atoms with Gasteiger partial charge in [-0.25, -0.2) is 0 Å². The standard InChI is InChI=1S/C7H5Cl2NOS/c8-4-2-1-3-5(12-9)6(4)7(10)11/h1-3H,(H2,10,11). The molecule has 1 rings (SSSR count). The fourth-order valence-electron chi connectivity index (χ4n) is 0.808. The lowest BCUT2D eigenvalue weighted by Crippen LogP contribution is -2.12. The van der Waals surface area contributed by atoms with Gasteiger partial charge in [0.1, 0.15) is 0 Å². The third-order valence-corrected chi connectivity index (χ3v) is 2.63. The molecule has 0 saturated heterocycles. The number of nitrogens with two attached hydrogens (primary N) is 1. The van der Waals surface area contributed by atoms with Crippen LogP contribution in [0.25, 0.3) is 0 Å². The highest BCUT2D eigenvalue weighted by Gasteiger charge is 2.11. The highest BCUT2D eigenvalue weighted by molar-refractivity contribution is 8.21. The molecule has 0 aliphatic rings. The van der Waals surface area contributed by atoms with Crippen LogP contribution >= 0.6 is 33.3 Å². The number of hydrogen-bond acceptors (Lipinski definition) is 2. The molecule has 0 bridgehead atoms. The molecule has 1 aromatic carbocycles. The summed E-state index contributed by atoms with van der Waals surface area (Å²) in [7, 11) is 6.42. The van der Waals surface area contributed by atoms with Crippen LogP contribution in [0.2, 0.25) is 5.02 Å². The van der Waals surface area contributed by atoms with Crippen LogP contribution in [0, 0.1) is 0 Å². The fraction of sp³-hybridized carbons (Fsp3) is 0. The van der Waals surface area contributed by atoms with E-state index in [1.807, 2.05) is 0 Å². The van der Waals surface area contributed by atoms with Crippen LogP contribution in [-0.4, -0.2) is 5.91 Å². The smallest absolute Gasteiger partial charge is 0.251 e. The number of benzene rings is 1. The summed E-state index contributed by atoms with van der Waals surface area (Å²) >= 11 is 5.73. The number of amides is 1. The summed E-state index contributed by atoms with van der Waals surface area (Å²) in [5.41, 5.74) is 5.37. The van der Waals surface area contributed by atoms with Crippen molar-refractivity contribution in [1.29, 1.82) is 0 Å². The van der Waals surface area contributed by atoms with Gasteiger partial charge in [-0.3, -0.25) is 4.79 Å². The Labute approximate surface area is 83.5 Å². The summed E-state index contributed by atoms with van der Waals surface area (Å²) < 4.78 is 0. The molecule has 0 radical (unpaired) electrons. The lowest BCUT2D eigenvalue weighted by atomic mass is 10.2. The van der Waals surface area contributed by atoms with Crippen molar-refractivity contribution in [1.82, 2.24) is 0 Å². The molecule has 0 atom stereocenters. The van der Waals surface area contributed by atoms with Crippen molar-refractivity contribution < 1.29 is 4.79 Å². The van der Waals surface area contributed by atoms with Crippen molar-refractivity contribution in [2.24, 2.45) is 5.73 Å². The lowest BCUT2D eigenvalue weighted by Gasteiger charge is -2.03. The van der Waals surface area contributed by atoms with Crippen LogP contribution in [0.5, 0.6) is 0 Å². The highest BCUT2D eigenvalue weighted by Crippen LogP contribution is 2.30. The first kappa shape index (κ1) is 9.71. The number of carbonyl (C=O) groups is 1. The average Bonchev–Trinajstić information content (AvgIpc) is 2.03. The van der Waals surface area contributed by atoms with E-state index in [-0.39, 0.29) is 5.56 Å². The zero-order chi connectivity index (χ0) is 9.14. The Morgan fingerprint density at radius 2 is 2.17 bits per heavy atom. The normalized spacial score (nSPS) is 9.83. The highest BCUT2D eigenvalue weighted by atomic mass is 35.7. The minimum absolute atomic E-state index is 0.277. The van der Waals surface area contributed by atoms with E-state index in [0.29, 0.717) is 9.92 Å². The van der Waals surface area contributed by atoms with Gasteiger partial charge in [0, 0.05) is 4.90 Å². The van der Waals surface area contributed by atoms with Crippen molar-refractivity contribution in [2.45, 2.75) is 4.90 Å². The van der Waals surface area contributed by atoms with E-state index in [2.05, 4.69) is 0 Å². The maximum absolute atomic E-state index is 10.9. The summed E-state index contributed by atoms with van der Waals surface area (Å²) in [5.74, 6) is -0.566. The molecule has 1 aromatic rings. The molecule has 0 aliphatic heterocycles. The molecule has 0 heterocycles. The Kier molecular flexibility index (Phi) is 3.26. The lowest BCUT2D eigenvalue weighted by molar-refractivity contribution is 0.0997. The molecule has 0 aromatic heterocycles. The molecule has 1 amide bonds. The van der Waals surface area contributed by atoms with Crippen molar-refractivity contribution in [2.75, 3.05) is 0 Å². The molecule has 0 fully saturated rings. The van der Waals surface area contributed by atoms with Gasteiger partial charge in [-0.15, -0.1) is 0 Å². The maximum Gasteiger partial charge on any atom is 0.251 e. The van der Waals surface area contributed by atoms with Crippen LogP contribution in [0.3, 0.4) is 0 Å². The van der Waals surface area contributed by atoms with E-state index in [9.17, 15) is 4.79 Å². The van der Waals surface area contributed by atoms with E-state index in [0.717, 1.165) is 11.0 Å². The van der Waals surface area contributed by atoms with Gasteiger partial charge in [0.25, 0.3) is 5.91 Å². The Hall–Kier alpha value is -0.380. The molecular weight excluding hydrogens is 217 g/mol. The Morgan fingerprint density at radius 3 is 2.58 bits per heavy atom. The van der Waals surface area contributed by atoms with Gasteiger partial charge in [-0.05, 0) is 33.8 Å². The van der Waals surface area contributed by atoms with Gasteiger partial charge >= 0.3 is 0 Å². The molecule has 0 spiro atoms. The zero-order valence-corrected chi connectivity index (χ0v) is 8.21. The Morgan fingerprint density at radius 1 is 1.50 bits per heavy atom. The van der Waals surface area contributed by atoms with Crippen molar-refractivity contribution in [3.05, 3.63) is 28.8 Å². The first-order valence-electron chi connectivity index (χ1n) is 3.03. The topological polar surface area (TPSA) is 43.1 Å². The molecule has 0 saturated carbocycles. The predicted octanol–water partition coefficient (Wildman–Crippen LogP) is 2.68. The molecule has 12 heavy (non-hydrogen) atoms. The first-order chi connectivity index (χ1) is 5.66. The molecular formula is C7H5Cl2NOS. The third kappa shape index (κ3) is 1.86. The van der Waals surface area contributed by atoms with Crippen LogP contribution in [-0.2, 0) is 0 Å². The number of hydrogen-bond donors (Lipinski definition) is 1. The zero-order valence-electron chi connectivity index (χ0n) is 5.88. The second-order valence-electron chi connectivity index (χ2n) is 2.05. The van der Waals surface area contributed by atoms with Crippen molar-refractivity contribution in [3.8, 4) is 0 Å². The SMILES string of the molecule is NC(=O)c1c(Cl)cccc1SCl. The monoisotopic (exact) mass is 221 g/mol. The van der Waals surface area contributed by atoms with Crippen LogP contribution in [0.4, 0.5) is 0 Å². The number of primary amides is 1. The summed E-state index contributed by atoms with van der Waals surface area (Å²) in [4.78, 5) is 11.4. The van der Waals surface area contributed by atoms with Gasteiger partial charge in [-0.2, -0.15) is 0 Å². The van der Waals surface area contributed by atoms with Gasteiger partial charge in [0.05, 0.1) is 10.6 Å². The molecule has 2 nitrogen and oxygen atoms in total. The minimum atomic E-state index is -0.566. The number of carbonyl (C=O) groups excluding carboxylic acids is 1. The quantitative estimate of drug-likeness (QED) is 0.835. The summed E-state index contributed by atoms with van der Waals surface area (Å²) in [5, 5.41) is 0.327. The fourth-order valence-corrected chi connectivity index (χ4v) is 1.93. The van der Waals surface area contributed by atoms with Crippen LogP contribution < -0.4 is 5.73 Å². The predicted molar refractivity (Wildman–Crippen MR) is 51.7 cm³/mol. The summed E-state index contributed by atoms with van der Waals surface area (Å²) in [6.45, 7) is 0. The average molecular weight is 222 g/mol. The number of rotatable bonds is 2. The van der Waals surface area contributed by atoms with Crippen LogP contribution in [0.1, 0.15) is 10.4 Å². The second kappa shape index (κ2) is 4.03. The first-order valence-corrected chi connectivity index (χ1v) is 5.05. The second-order valence-corrected chi connectivity index (χ2v) is 3.52. The van der Waals surface area contributed by atoms with E-state index in [4.69, 9.17) is 28.0 Å². The van der Waals surface area contributed by atoms with Gasteiger partial charge in [0.15, 0.2) is 0 Å². The van der Waals surface area contributed by atoms with E-state index in [1.54, 1.807) is 18.2 Å². The Balaban J connectivity index is 3.29. The summed E-state index contributed by atoms with van der Waals surface area (Å²) in [6.07, 6.45) is 0. The van der Waals surface area contributed by atoms with Gasteiger partial charge in [0.2, 0.25) is 0 Å². The van der Waals surface area contributed by atoms with Crippen LogP contribution in [0.15, 0.2) is 23.1 Å². The van der Waals surface area contributed by atoms with Crippen molar-refractivity contribution >= 4 is 39.2 Å². The van der Waals surface area contributed by atoms with Crippen molar-refractivity contribution in [3.63, 3.8) is 0 Å². The molecule has 64 valence electrons. The maximum atomic E-state index is 10.9. The Bertz CT molecular complexity index is 316. The largest absolute Gasteiger partial charge is 0.366 e. The molecule has 0 unspecified atom stereocenters. The minimum Gasteiger partial charge on any atom is -0.366 e. The van der Waals surface area contributed by atoms with E-state index >= 15 is 0 Å². The van der Waals surface area contributed by atoms with E-state index in [1.165, 1.54) is 0 Å². The molecule has 2 N–H and O–H groups in total. The van der Waals surface area contributed by atoms with Gasteiger partial charge < -0.3 is 5.73 Å².